The maximum Gasteiger partial charge on any atom is 0.268 e. The number of hydrogen-bond acceptors (Lipinski definition) is 2. The third-order valence-corrected chi connectivity index (χ3v) is 15.8. The van der Waals surface area contributed by atoms with Crippen LogP contribution in [0.15, 0.2) is 194 Å². The summed E-state index contributed by atoms with van der Waals surface area (Å²) in [6.07, 6.45) is 5.66. The first-order valence-electron chi connectivity index (χ1n) is 31.8. The van der Waals surface area contributed by atoms with Crippen LogP contribution in [0.25, 0.3) is 106 Å². The minimum absolute atomic E-state index is 0. The second-order valence-electron chi connectivity index (χ2n) is 25.6. The van der Waals surface area contributed by atoms with Gasteiger partial charge in [0.1, 0.15) is 5.82 Å². The van der Waals surface area contributed by atoms with Crippen LogP contribution in [0.5, 0.6) is 11.5 Å². The third-order valence-electron chi connectivity index (χ3n) is 15.8. The van der Waals surface area contributed by atoms with Crippen LogP contribution in [0.4, 0.5) is 0 Å². The summed E-state index contributed by atoms with van der Waals surface area (Å²) in [6.45, 7) is 26.2. The van der Waals surface area contributed by atoms with Crippen molar-refractivity contribution in [3.8, 4) is 84.3 Å². The molecular weight excluding hydrogens is 1180 g/mol. The Morgan fingerprint density at radius 2 is 1.06 bits per heavy atom. The number of imidazole rings is 1. The van der Waals surface area contributed by atoms with Crippen LogP contribution in [0.1, 0.15) is 116 Å². The second-order valence-corrected chi connectivity index (χ2v) is 25.6. The quantitative estimate of drug-likeness (QED) is 0.123. The van der Waals surface area contributed by atoms with Gasteiger partial charge < -0.3 is 13.9 Å². The molecule has 0 saturated carbocycles. The molecule has 6 heteroatoms. The fraction of sp³-hybridized carbons (Fsp3) is 0.211. The van der Waals surface area contributed by atoms with Gasteiger partial charge in [-0.05, 0) is 135 Å². The van der Waals surface area contributed by atoms with Crippen LogP contribution in [0.3, 0.4) is 0 Å². The number of nitrogens with zero attached hydrogens (tertiary/aromatic N) is 4. The van der Waals surface area contributed by atoms with Crippen molar-refractivity contribution >= 4 is 32.8 Å². The van der Waals surface area contributed by atoms with Gasteiger partial charge in [-0.25, -0.2) is 4.98 Å². The van der Waals surface area contributed by atoms with E-state index in [-0.39, 0.29) is 77.1 Å². The number of pyridine rings is 1. The molecule has 4 heterocycles. The van der Waals surface area contributed by atoms with Crippen LogP contribution in [-0.4, -0.2) is 14.1 Å². The van der Waals surface area contributed by atoms with Crippen molar-refractivity contribution < 1.29 is 41.3 Å². The summed E-state index contributed by atoms with van der Waals surface area (Å²) in [5.74, 6) is 1.59. The molecule has 0 aliphatic carbocycles. The van der Waals surface area contributed by atoms with Gasteiger partial charge in [0.05, 0.1) is 27.7 Å². The summed E-state index contributed by atoms with van der Waals surface area (Å²) in [7, 11) is 0. The zero-order chi connectivity index (χ0) is 63.3. The molecule has 410 valence electrons. The average molecular weight is 1260 g/mol. The summed E-state index contributed by atoms with van der Waals surface area (Å²) in [4.78, 5) is 4.89. The Bertz CT molecular complexity index is 4930. The Kier molecular flexibility index (Phi) is 11.2. The zero-order valence-electron chi connectivity index (χ0n) is 56.4. The molecule has 9 aromatic carbocycles. The number of rotatable bonds is 6. The van der Waals surface area contributed by atoms with E-state index in [0.29, 0.717) is 45.0 Å². The molecular formula is C76H68N4OPt-2. The topological polar surface area (TPSA) is 35.9 Å². The van der Waals surface area contributed by atoms with E-state index in [2.05, 4.69) is 185 Å². The molecule has 1 aliphatic rings. The molecule has 0 saturated heterocycles. The molecule has 0 atom stereocenters. The SMILES string of the molecule is [2H]c1c([2H])c([2H])c2c(c1[2H])-c1cccc(-c3cc(C(C)(C)C)cc(C(C)(C)C)c3)c1-[n+]1[c-]n(-c3[c-]c(Oc4[c-]c5c(cc4)c4ccccc4n5-c4cc(C(C)(C)C)ccn4)ccc3)c3cc(-c4ccc(C(C)(C)C)cc4)cc(c31)-c1c([2H])c([2H])c([2H])c([2H])c1-2.[Pt]. The minimum Gasteiger partial charge on any atom is -0.510 e. The maximum absolute atomic E-state index is 10.0. The van der Waals surface area contributed by atoms with E-state index in [0.717, 1.165) is 72.1 Å². The van der Waals surface area contributed by atoms with Crippen molar-refractivity contribution in [3.05, 3.63) is 235 Å². The van der Waals surface area contributed by atoms with Crippen LogP contribution in [0, 0.1) is 18.5 Å². The van der Waals surface area contributed by atoms with Crippen LogP contribution < -0.4 is 9.30 Å². The van der Waals surface area contributed by atoms with Crippen molar-refractivity contribution in [2.24, 2.45) is 0 Å². The van der Waals surface area contributed by atoms with Gasteiger partial charge in [0.2, 0.25) is 0 Å². The van der Waals surface area contributed by atoms with Gasteiger partial charge in [0, 0.05) is 44.3 Å². The third kappa shape index (κ3) is 9.61. The van der Waals surface area contributed by atoms with Crippen molar-refractivity contribution in [1.82, 2.24) is 14.1 Å². The van der Waals surface area contributed by atoms with E-state index in [4.69, 9.17) is 9.72 Å². The Balaban J connectivity index is 0.00000785. The Morgan fingerprint density at radius 3 is 1.72 bits per heavy atom. The first kappa shape index (κ1) is 45.5. The largest absolute Gasteiger partial charge is 0.510 e. The van der Waals surface area contributed by atoms with Crippen molar-refractivity contribution in [3.63, 3.8) is 0 Å². The number of para-hydroxylation sites is 2. The molecule has 82 heavy (non-hydrogen) atoms. The molecule has 3 aromatic heterocycles. The summed E-state index contributed by atoms with van der Waals surface area (Å²) >= 11 is 0. The van der Waals surface area contributed by atoms with E-state index < -0.39 is 36.3 Å². The number of fused-ring (bicyclic) bond motifs is 10. The van der Waals surface area contributed by atoms with E-state index in [1.165, 1.54) is 0 Å². The molecule has 1 aliphatic heterocycles. The molecule has 0 unspecified atom stereocenters. The summed E-state index contributed by atoms with van der Waals surface area (Å²) in [5.41, 5.74) is 11.5. The fourth-order valence-electron chi connectivity index (χ4n) is 11.3. The van der Waals surface area contributed by atoms with E-state index >= 15 is 0 Å². The fourth-order valence-corrected chi connectivity index (χ4v) is 11.3. The van der Waals surface area contributed by atoms with Gasteiger partial charge in [-0.2, -0.15) is 18.2 Å². The number of hydrogen-bond donors (Lipinski definition) is 0. The average Bonchev–Trinajstić information content (AvgIpc) is 1.44. The van der Waals surface area contributed by atoms with E-state index in [1.54, 1.807) is 0 Å². The van der Waals surface area contributed by atoms with Crippen LogP contribution in [0.2, 0.25) is 0 Å². The van der Waals surface area contributed by atoms with Gasteiger partial charge in [0.25, 0.3) is 6.33 Å². The van der Waals surface area contributed by atoms with Gasteiger partial charge in [0.15, 0.2) is 0 Å². The predicted molar refractivity (Wildman–Crippen MR) is 336 cm³/mol. The summed E-state index contributed by atoms with van der Waals surface area (Å²) in [6, 6.07) is 50.4. The van der Waals surface area contributed by atoms with Gasteiger partial charge in [-0.15, -0.1) is 29.7 Å². The number of ether oxygens (including phenoxy) is 1. The maximum atomic E-state index is 10.0. The second kappa shape index (κ2) is 20.1. The van der Waals surface area contributed by atoms with Gasteiger partial charge in [-0.3, -0.25) is 4.57 Å². The molecule has 0 N–H and O–H groups in total. The minimum atomic E-state index is -0.535. The van der Waals surface area contributed by atoms with E-state index in [1.807, 2.05) is 76.0 Å². The Morgan fingerprint density at radius 1 is 0.463 bits per heavy atom. The molecule has 13 rings (SSSR count). The summed E-state index contributed by atoms with van der Waals surface area (Å²) < 4.78 is 89.7. The standard InChI is InChI=1S/C76H68N4O.Pt/c1-73(2,3)51-33-31-48(32-34-51)49-41-66-62-26-16-14-24-60(62)59-23-13-15-25-61(59)65-29-20-28-58(50-39-53(75(7,8)9)43-54(40-50)76(10,11)12)71(65)79-47-78(69(42-49)72(66)79)55-21-19-22-56(45-55)81-57-35-36-64-63-27-17-18-30-67(63)80(68(64)46-57)70-44-52(37-38-77-70)74(4,5)6;/h13-44H,1-12H3;/q-2;/i13D,14D,15D,16D,23D,24D,25D,26D;. The smallest absolute Gasteiger partial charge is 0.268 e. The van der Waals surface area contributed by atoms with Gasteiger partial charge in [-0.1, -0.05) is 222 Å². The normalized spacial score (nSPS) is 13.9. The van der Waals surface area contributed by atoms with Crippen LogP contribution in [-0.2, 0) is 42.7 Å². The first-order valence-corrected chi connectivity index (χ1v) is 27.8. The van der Waals surface area contributed by atoms with Crippen molar-refractivity contribution in [2.75, 3.05) is 0 Å². The Labute approximate surface area is 509 Å². The predicted octanol–water partition coefficient (Wildman–Crippen LogP) is 19.4. The van der Waals surface area contributed by atoms with E-state index in [9.17, 15) is 11.0 Å². The first-order chi connectivity index (χ1) is 42.0. The molecule has 5 nitrogen and oxygen atoms in total. The molecule has 0 radical (unpaired) electrons. The molecule has 0 bridgehead atoms. The van der Waals surface area contributed by atoms with Gasteiger partial charge >= 0.3 is 0 Å². The number of benzene rings is 9. The number of aromatic nitrogens is 4. The molecule has 0 fully saturated rings. The van der Waals surface area contributed by atoms with Crippen molar-refractivity contribution in [2.45, 2.75) is 105 Å². The monoisotopic (exact) mass is 1260 g/mol. The molecule has 12 aromatic rings. The van der Waals surface area contributed by atoms with Crippen molar-refractivity contribution in [1.29, 1.82) is 0 Å². The Hall–Kier alpha value is -8.11. The zero-order valence-corrected chi connectivity index (χ0v) is 50.6. The molecule has 0 spiro atoms. The van der Waals surface area contributed by atoms with Crippen LogP contribution >= 0.6 is 0 Å². The summed E-state index contributed by atoms with van der Waals surface area (Å²) in [5, 5.41) is 2.04. The molecule has 0 amide bonds.